The zero-order valence-electron chi connectivity index (χ0n) is 17.0. The van der Waals surface area contributed by atoms with Gasteiger partial charge in [-0.15, -0.1) is 0 Å². The lowest BCUT2D eigenvalue weighted by Gasteiger charge is -2.14. The third-order valence-corrected chi connectivity index (χ3v) is 5.30. The maximum Gasteiger partial charge on any atom is 0.282 e. The van der Waals surface area contributed by atoms with Crippen molar-refractivity contribution in [1.82, 2.24) is 5.43 Å². The van der Waals surface area contributed by atoms with Crippen LogP contribution < -0.4 is 19.9 Å². The van der Waals surface area contributed by atoms with Crippen LogP contribution in [0.1, 0.15) is 11.1 Å². The van der Waals surface area contributed by atoms with Crippen LogP contribution in [0.5, 0.6) is 11.5 Å². The minimum atomic E-state index is -0.503. The Kier molecular flexibility index (Phi) is 6.35. The maximum atomic E-state index is 12.8. The number of halogens is 2. The molecule has 0 atom stereocenters. The minimum Gasteiger partial charge on any atom is -0.493 e. The van der Waals surface area contributed by atoms with E-state index in [0.717, 1.165) is 5.56 Å². The molecule has 32 heavy (non-hydrogen) atoms. The predicted octanol–water partition coefficient (Wildman–Crippen LogP) is 5.04. The normalized spacial score (nSPS) is 14.6. The fraction of sp³-hybridized carbons (Fsp3) is 0.0833. The molecule has 1 aliphatic heterocycles. The standard InChI is InChI=1S/C24H18Cl2N2O4/c1-31-21-13-16(12-20(26)22(21)32-14-15-7-9-17(25)10-8-15)11-19-23(29)27-28(24(19)30)18-5-3-2-4-6-18/h2-13H,14H2,1H3,(H,27,29)/b19-11+. The van der Waals surface area contributed by atoms with E-state index in [1.165, 1.54) is 18.2 Å². The van der Waals surface area contributed by atoms with Gasteiger partial charge in [0.25, 0.3) is 11.8 Å². The van der Waals surface area contributed by atoms with Crippen molar-refractivity contribution >= 4 is 46.8 Å². The first-order valence-corrected chi connectivity index (χ1v) is 10.4. The van der Waals surface area contributed by atoms with E-state index in [-0.39, 0.29) is 17.2 Å². The van der Waals surface area contributed by atoms with Gasteiger partial charge in [-0.25, -0.2) is 5.01 Å². The molecule has 3 aromatic carbocycles. The van der Waals surface area contributed by atoms with Crippen molar-refractivity contribution in [3.8, 4) is 11.5 Å². The molecule has 0 bridgehead atoms. The molecule has 6 nitrogen and oxygen atoms in total. The SMILES string of the molecule is COc1cc(/C=C2\C(=O)NN(c3ccccc3)C2=O)cc(Cl)c1OCc1ccc(Cl)cc1. The van der Waals surface area contributed by atoms with Gasteiger partial charge in [-0.3, -0.25) is 15.0 Å². The number of hydrogen-bond donors (Lipinski definition) is 1. The van der Waals surface area contributed by atoms with Gasteiger partial charge in [-0.1, -0.05) is 53.5 Å². The van der Waals surface area contributed by atoms with Gasteiger partial charge in [0.2, 0.25) is 0 Å². The summed E-state index contributed by atoms with van der Waals surface area (Å²) < 4.78 is 11.3. The van der Waals surface area contributed by atoms with Crippen molar-refractivity contribution in [3.63, 3.8) is 0 Å². The molecule has 3 aromatic rings. The smallest absolute Gasteiger partial charge is 0.282 e. The number of amides is 2. The number of para-hydroxylation sites is 1. The van der Waals surface area contributed by atoms with Gasteiger partial charge < -0.3 is 9.47 Å². The molecule has 4 rings (SSSR count). The molecule has 1 saturated heterocycles. The molecule has 2 amide bonds. The number of hydrogen-bond acceptors (Lipinski definition) is 4. The molecule has 8 heteroatoms. The van der Waals surface area contributed by atoms with E-state index < -0.39 is 11.8 Å². The zero-order chi connectivity index (χ0) is 22.7. The van der Waals surface area contributed by atoms with Crippen LogP contribution in [0.15, 0.2) is 72.3 Å². The van der Waals surface area contributed by atoms with E-state index in [0.29, 0.717) is 27.8 Å². The summed E-state index contributed by atoms with van der Waals surface area (Å²) in [5, 5.41) is 2.13. The summed E-state index contributed by atoms with van der Waals surface area (Å²) in [6, 6.07) is 19.4. The predicted molar refractivity (Wildman–Crippen MR) is 124 cm³/mol. The first kappa shape index (κ1) is 21.7. The number of anilines is 1. The molecule has 0 aromatic heterocycles. The van der Waals surface area contributed by atoms with Crippen LogP contribution in [-0.2, 0) is 16.2 Å². The lowest BCUT2D eigenvalue weighted by molar-refractivity contribution is -0.117. The van der Waals surface area contributed by atoms with Crippen LogP contribution in [-0.4, -0.2) is 18.9 Å². The lowest BCUT2D eigenvalue weighted by atomic mass is 10.1. The van der Waals surface area contributed by atoms with Crippen LogP contribution in [0, 0.1) is 0 Å². The van der Waals surface area contributed by atoms with Gasteiger partial charge in [-0.2, -0.15) is 0 Å². The maximum absolute atomic E-state index is 12.8. The van der Waals surface area contributed by atoms with Crippen molar-refractivity contribution in [1.29, 1.82) is 0 Å². The van der Waals surface area contributed by atoms with E-state index in [1.807, 2.05) is 18.2 Å². The Bertz CT molecular complexity index is 1190. The van der Waals surface area contributed by atoms with Crippen molar-refractivity contribution in [3.05, 3.63) is 93.5 Å². The fourth-order valence-electron chi connectivity index (χ4n) is 3.18. The summed E-state index contributed by atoms with van der Waals surface area (Å²) in [7, 11) is 1.49. The van der Waals surface area contributed by atoms with E-state index >= 15 is 0 Å². The third-order valence-electron chi connectivity index (χ3n) is 4.77. The highest BCUT2D eigenvalue weighted by Gasteiger charge is 2.34. The molecular formula is C24H18Cl2N2O4. The number of ether oxygens (including phenoxy) is 2. The van der Waals surface area contributed by atoms with Gasteiger partial charge in [0.1, 0.15) is 12.2 Å². The quantitative estimate of drug-likeness (QED) is 0.406. The topological polar surface area (TPSA) is 67.9 Å². The van der Waals surface area contributed by atoms with Crippen molar-refractivity contribution in [2.45, 2.75) is 6.61 Å². The van der Waals surface area contributed by atoms with E-state index in [2.05, 4.69) is 5.43 Å². The summed E-state index contributed by atoms with van der Waals surface area (Å²) >= 11 is 12.3. The molecule has 0 aliphatic carbocycles. The molecule has 1 heterocycles. The first-order chi connectivity index (χ1) is 15.5. The van der Waals surface area contributed by atoms with Gasteiger partial charge in [0, 0.05) is 5.02 Å². The van der Waals surface area contributed by atoms with Crippen LogP contribution in [0.4, 0.5) is 5.69 Å². The zero-order valence-corrected chi connectivity index (χ0v) is 18.5. The average molecular weight is 469 g/mol. The van der Waals surface area contributed by atoms with Crippen molar-refractivity contribution in [2.24, 2.45) is 0 Å². The van der Waals surface area contributed by atoms with E-state index in [1.54, 1.807) is 48.5 Å². The average Bonchev–Trinajstić information content (AvgIpc) is 3.08. The molecule has 0 spiro atoms. The summed E-state index contributed by atoms with van der Waals surface area (Å²) in [4.78, 5) is 25.2. The Hall–Kier alpha value is -3.48. The number of benzene rings is 3. The Morgan fingerprint density at radius 2 is 1.72 bits per heavy atom. The van der Waals surface area contributed by atoms with Crippen molar-refractivity contribution < 1.29 is 19.1 Å². The highest BCUT2D eigenvalue weighted by atomic mass is 35.5. The highest BCUT2D eigenvalue weighted by molar-refractivity contribution is 6.33. The third kappa shape index (κ3) is 4.56. The molecule has 0 unspecified atom stereocenters. The second-order valence-corrected chi connectivity index (χ2v) is 7.77. The molecule has 1 fully saturated rings. The Balaban J connectivity index is 1.58. The molecular weight excluding hydrogens is 451 g/mol. The van der Waals surface area contributed by atoms with Crippen molar-refractivity contribution in [2.75, 3.05) is 12.1 Å². The van der Waals surface area contributed by atoms with Crippen LogP contribution in [0.25, 0.3) is 6.08 Å². The largest absolute Gasteiger partial charge is 0.493 e. The van der Waals surface area contributed by atoms with Crippen LogP contribution in [0.3, 0.4) is 0 Å². The Morgan fingerprint density at radius 3 is 2.41 bits per heavy atom. The lowest BCUT2D eigenvalue weighted by Crippen LogP contribution is -2.35. The minimum absolute atomic E-state index is 0.0122. The number of rotatable bonds is 6. The highest BCUT2D eigenvalue weighted by Crippen LogP contribution is 2.38. The molecule has 1 aliphatic rings. The Labute approximate surface area is 194 Å². The summed E-state index contributed by atoms with van der Waals surface area (Å²) in [6.45, 7) is 0.264. The van der Waals surface area contributed by atoms with Gasteiger partial charge in [-0.05, 0) is 53.6 Å². The molecule has 0 radical (unpaired) electrons. The van der Waals surface area contributed by atoms with E-state index in [4.69, 9.17) is 32.7 Å². The molecule has 1 N–H and O–H groups in total. The van der Waals surface area contributed by atoms with Gasteiger partial charge >= 0.3 is 0 Å². The summed E-state index contributed by atoms with van der Waals surface area (Å²) in [5.41, 5.74) is 4.56. The second kappa shape index (κ2) is 9.34. The van der Waals surface area contributed by atoms with Crippen LogP contribution >= 0.6 is 23.2 Å². The van der Waals surface area contributed by atoms with Crippen LogP contribution in [0.2, 0.25) is 10.0 Å². The fourth-order valence-corrected chi connectivity index (χ4v) is 3.58. The number of nitrogens with zero attached hydrogens (tertiary/aromatic N) is 1. The summed E-state index contributed by atoms with van der Waals surface area (Å²) in [6.07, 6.45) is 1.47. The number of carbonyl (C=O) groups is 2. The molecule has 0 saturated carbocycles. The van der Waals surface area contributed by atoms with E-state index in [9.17, 15) is 9.59 Å². The first-order valence-electron chi connectivity index (χ1n) is 9.63. The van der Waals surface area contributed by atoms with Gasteiger partial charge in [0.05, 0.1) is 17.8 Å². The number of carbonyl (C=O) groups excluding carboxylic acids is 2. The second-order valence-electron chi connectivity index (χ2n) is 6.92. The van der Waals surface area contributed by atoms with Gasteiger partial charge in [0.15, 0.2) is 11.5 Å². The monoisotopic (exact) mass is 468 g/mol. The Morgan fingerprint density at radius 1 is 1.00 bits per heavy atom. The summed E-state index contributed by atoms with van der Waals surface area (Å²) in [5.74, 6) is -0.222. The number of nitrogens with one attached hydrogen (secondary N) is 1. The number of methoxy groups -OCH3 is 1. The number of hydrazine groups is 1. The molecule has 162 valence electrons.